The van der Waals surface area contributed by atoms with Crippen molar-refractivity contribution in [3.05, 3.63) is 15.8 Å². The van der Waals surface area contributed by atoms with Gasteiger partial charge in [-0.2, -0.15) is 0 Å². The third-order valence-electron chi connectivity index (χ3n) is 3.11. The van der Waals surface area contributed by atoms with Crippen LogP contribution in [0.5, 0.6) is 0 Å². The third-order valence-corrected chi connectivity index (χ3v) is 4.22. The third kappa shape index (κ3) is 1.96. The SMILES string of the molecule is CC1(C)OB(c2csc(Cl)c2)OC1(C)C. The van der Waals surface area contributed by atoms with Crippen LogP contribution in [0.25, 0.3) is 0 Å². The normalized spacial score (nSPS) is 23.4. The van der Waals surface area contributed by atoms with E-state index in [1.54, 1.807) is 0 Å². The van der Waals surface area contributed by atoms with E-state index in [1.807, 2.05) is 39.1 Å². The van der Waals surface area contributed by atoms with E-state index in [-0.39, 0.29) is 18.3 Å². The van der Waals surface area contributed by atoms with Crippen molar-refractivity contribution in [1.29, 1.82) is 0 Å². The second-order valence-corrected chi connectivity index (χ2v) is 6.31. The first-order valence-electron chi connectivity index (χ1n) is 4.91. The Morgan fingerprint density at radius 2 is 1.73 bits per heavy atom. The predicted molar refractivity (Wildman–Crippen MR) is 65.0 cm³/mol. The molecule has 82 valence electrons. The molecule has 1 fully saturated rings. The van der Waals surface area contributed by atoms with Gasteiger partial charge in [-0.1, -0.05) is 11.6 Å². The topological polar surface area (TPSA) is 18.5 Å². The second-order valence-electron chi connectivity index (χ2n) is 4.77. The van der Waals surface area contributed by atoms with Gasteiger partial charge in [0, 0.05) is 0 Å². The highest BCUT2D eigenvalue weighted by molar-refractivity contribution is 7.15. The van der Waals surface area contributed by atoms with Gasteiger partial charge in [0.05, 0.1) is 15.5 Å². The molecule has 0 bridgehead atoms. The van der Waals surface area contributed by atoms with Crippen molar-refractivity contribution >= 4 is 35.5 Å². The van der Waals surface area contributed by atoms with Crippen LogP contribution >= 0.6 is 22.9 Å². The molecule has 2 heterocycles. The summed E-state index contributed by atoms with van der Waals surface area (Å²) in [4.78, 5) is 0. The molecule has 1 aliphatic rings. The van der Waals surface area contributed by atoms with E-state index in [2.05, 4.69) is 0 Å². The number of halogens is 1. The molecule has 0 radical (unpaired) electrons. The lowest BCUT2D eigenvalue weighted by molar-refractivity contribution is 0.00578. The average molecular weight is 245 g/mol. The van der Waals surface area contributed by atoms with Gasteiger partial charge in [-0.3, -0.25) is 0 Å². The minimum absolute atomic E-state index is 0.286. The van der Waals surface area contributed by atoms with Crippen molar-refractivity contribution in [2.45, 2.75) is 38.9 Å². The van der Waals surface area contributed by atoms with E-state index in [4.69, 9.17) is 20.9 Å². The standard InChI is InChI=1S/C10H14BClO2S/c1-9(2)10(3,4)14-11(13-9)7-5-8(12)15-6-7/h5-6H,1-4H3. The first kappa shape index (κ1) is 11.5. The minimum Gasteiger partial charge on any atom is -0.399 e. The summed E-state index contributed by atoms with van der Waals surface area (Å²) in [6, 6.07) is 1.90. The van der Waals surface area contributed by atoms with Crippen LogP contribution < -0.4 is 5.46 Å². The van der Waals surface area contributed by atoms with Crippen LogP contribution in [0.1, 0.15) is 27.7 Å². The second kappa shape index (κ2) is 3.49. The van der Waals surface area contributed by atoms with Gasteiger partial charge in [-0.15, -0.1) is 11.3 Å². The largest absolute Gasteiger partial charge is 0.495 e. The smallest absolute Gasteiger partial charge is 0.399 e. The minimum atomic E-state index is -0.293. The van der Waals surface area contributed by atoms with Crippen LogP contribution in [0.4, 0.5) is 0 Å². The first-order chi connectivity index (χ1) is 6.82. The molecule has 1 saturated heterocycles. The molecule has 0 N–H and O–H groups in total. The van der Waals surface area contributed by atoms with Crippen LogP contribution in [0.3, 0.4) is 0 Å². The number of hydrogen-bond acceptors (Lipinski definition) is 3. The maximum Gasteiger partial charge on any atom is 0.495 e. The number of hydrogen-bond donors (Lipinski definition) is 0. The molecular formula is C10H14BClO2S. The maximum absolute atomic E-state index is 5.89. The molecule has 0 aliphatic carbocycles. The van der Waals surface area contributed by atoms with Gasteiger partial charge in [0.1, 0.15) is 0 Å². The summed E-state index contributed by atoms with van der Waals surface area (Å²) in [5.41, 5.74) is 0.432. The van der Waals surface area contributed by atoms with E-state index >= 15 is 0 Å². The summed E-state index contributed by atoms with van der Waals surface area (Å²) in [5.74, 6) is 0. The van der Waals surface area contributed by atoms with E-state index in [9.17, 15) is 0 Å². The molecule has 1 aromatic rings. The van der Waals surface area contributed by atoms with Gasteiger partial charge in [0.25, 0.3) is 0 Å². The number of rotatable bonds is 1. The van der Waals surface area contributed by atoms with Gasteiger partial charge in [-0.25, -0.2) is 0 Å². The highest BCUT2D eigenvalue weighted by Crippen LogP contribution is 2.36. The summed E-state index contributed by atoms with van der Waals surface area (Å²) in [6.07, 6.45) is 0. The van der Waals surface area contributed by atoms with Crippen molar-refractivity contribution in [2.75, 3.05) is 0 Å². The van der Waals surface area contributed by atoms with Gasteiger partial charge >= 0.3 is 7.12 Å². The van der Waals surface area contributed by atoms with Gasteiger partial charge < -0.3 is 9.31 Å². The quantitative estimate of drug-likeness (QED) is 0.707. The zero-order chi connectivity index (χ0) is 11.3. The fraction of sp³-hybridized carbons (Fsp3) is 0.600. The molecule has 1 aromatic heterocycles. The molecule has 5 heteroatoms. The highest BCUT2D eigenvalue weighted by Gasteiger charge is 2.51. The Kier molecular flexibility index (Phi) is 2.66. The van der Waals surface area contributed by atoms with Crippen LogP contribution in [-0.4, -0.2) is 18.3 Å². The monoisotopic (exact) mass is 244 g/mol. The Bertz CT molecular complexity index is 359. The van der Waals surface area contributed by atoms with E-state index < -0.39 is 0 Å². The molecule has 0 spiro atoms. The summed E-state index contributed by atoms with van der Waals surface area (Å²) >= 11 is 7.39. The van der Waals surface area contributed by atoms with Crippen molar-refractivity contribution in [3.8, 4) is 0 Å². The van der Waals surface area contributed by atoms with Crippen molar-refractivity contribution in [2.24, 2.45) is 0 Å². The molecule has 0 unspecified atom stereocenters. The van der Waals surface area contributed by atoms with Gasteiger partial charge in [0.2, 0.25) is 0 Å². The van der Waals surface area contributed by atoms with Crippen LogP contribution in [0.15, 0.2) is 11.4 Å². The van der Waals surface area contributed by atoms with Gasteiger partial charge in [0.15, 0.2) is 0 Å². The predicted octanol–water partition coefficient (Wildman–Crippen LogP) is 2.70. The Morgan fingerprint density at radius 1 is 1.20 bits per heavy atom. The lowest BCUT2D eigenvalue weighted by Gasteiger charge is -2.32. The first-order valence-corrected chi connectivity index (χ1v) is 6.17. The van der Waals surface area contributed by atoms with E-state index in [1.165, 1.54) is 11.3 Å². The van der Waals surface area contributed by atoms with Crippen LogP contribution in [0.2, 0.25) is 4.34 Å². The molecule has 2 rings (SSSR count). The van der Waals surface area contributed by atoms with Crippen LogP contribution in [-0.2, 0) is 9.31 Å². The summed E-state index contributed by atoms with van der Waals surface area (Å²) in [7, 11) is -0.293. The Morgan fingerprint density at radius 3 is 2.13 bits per heavy atom. The van der Waals surface area contributed by atoms with E-state index in [0.29, 0.717) is 0 Å². The molecule has 0 atom stereocenters. The number of thiophene rings is 1. The van der Waals surface area contributed by atoms with Crippen molar-refractivity contribution < 1.29 is 9.31 Å². The molecule has 2 nitrogen and oxygen atoms in total. The fourth-order valence-corrected chi connectivity index (χ4v) is 2.32. The fourth-order valence-electron chi connectivity index (χ4n) is 1.43. The lowest BCUT2D eigenvalue weighted by atomic mass is 9.82. The zero-order valence-electron chi connectivity index (χ0n) is 9.33. The molecular weight excluding hydrogens is 230 g/mol. The zero-order valence-corrected chi connectivity index (χ0v) is 10.9. The maximum atomic E-state index is 5.89. The average Bonchev–Trinajstić information content (AvgIpc) is 2.56. The molecule has 0 saturated carbocycles. The Hall–Kier alpha value is -0.0251. The summed E-state index contributed by atoms with van der Waals surface area (Å²) < 4.78 is 12.5. The van der Waals surface area contributed by atoms with Gasteiger partial charge in [-0.05, 0) is 44.6 Å². The highest BCUT2D eigenvalue weighted by atomic mass is 35.5. The Labute approximate surface area is 99.7 Å². The molecule has 0 aromatic carbocycles. The van der Waals surface area contributed by atoms with E-state index in [0.717, 1.165) is 9.80 Å². The Balaban J connectivity index is 2.23. The van der Waals surface area contributed by atoms with Crippen LogP contribution in [0, 0.1) is 0 Å². The summed E-state index contributed by atoms with van der Waals surface area (Å²) in [6.45, 7) is 8.17. The molecule has 1 aliphatic heterocycles. The molecule has 0 amide bonds. The van der Waals surface area contributed by atoms with Crippen molar-refractivity contribution in [3.63, 3.8) is 0 Å². The summed E-state index contributed by atoms with van der Waals surface area (Å²) in [5, 5.41) is 1.98. The molecule has 15 heavy (non-hydrogen) atoms. The lowest BCUT2D eigenvalue weighted by Crippen LogP contribution is -2.41. The van der Waals surface area contributed by atoms with Crippen molar-refractivity contribution in [1.82, 2.24) is 0 Å².